The lowest BCUT2D eigenvalue weighted by Gasteiger charge is -2.17. The van der Waals surface area contributed by atoms with Gasteiger partial charge in [0.1, 0.15) is 4.21 Å². The average molecular weight is 330 g/mol. The van der Waals surface area contributed by atoms with Crippen molar-refractivity contribution < 1.29 is 13.2 Å². The Morgan fingerprint density at radius 2 is 2.19 bits per heavy atom. The second-order valence-corrected chi connectivity index (χ2v) is 9.00. The summed E-state index contributed by atoms with van der Waals surface area (Å²) < 4.78 is 32.8. The Labute approximate surface area is 130 Å². The maximum atomic E-state index is 12.7. The standard InChI is InChI=1S/C14H22N2O3S2/c1-11-9-14(20-13(11)10-15-12-3-4-12)21(17,18)16-5-2-7-19-8-6-16/h9,12,15H,2-8,10H2,1H3. The van der Waals surface area contributed by atoms with E-state index in [4.69, 9.17) is 4.74 Å². The number of hydrogen-bond acceptors (Lipinski definition) is 5. The zero-order valence-electron chi connectivity index (χ0n) is 12.3. The highest BCUT2D eigenvalue weighted by Gasteiger charge is 2.28. The van der Waals surface area contributed by atoms with E-state index in [1.807, 2.05) is 13.0 Å². The van der Waals surface area contributed by atoms with Gasteiger partial charge in [-0.05, 0) is 37.8 Å². The SMILES string of the molecule is Cc1cc(S(=O)(=O)N2CCCOCC2)sc1CNC1CC1. The Kier molecular flexibility index (Phi) is 4.66. The number of rotatable bonds is 5. The van der Waals surface area contributed by atoms with Gasteiger partial charge in [0, 0.05) is 37.2 Å². The van der Waals surface area contributed by atoms with Crippen LogP contribution in [0, 0.1) is 6.92 Å². The van der Waals surface area contributed by atoms with E-state index in [1.165, 1.54) is 24.2 Å². The monoisotopic (exact) mass is 330 g/mol. The fourth-order valence-corrected chi connectivity index (χ4v) is 5.56. The highest BCUT2D eigenvalue weighted by molar-refractivity contribution is 7.91. The molecule has 21 heavy (non-hydrogen) atoms. The molecule has 2 heterocycles. The third kappa shape index (κ3) is 3.65. The van der Waals surface area contributed by atoms with E-state index in [0.717, 1.165) is 23.4 Å². The number of sulfonamides is 1. The summed E-state index contributed by atoms with van der Waals surface area (Å²) in [5.41, 5.74) is 1.07. The third-order valence-corrected chi connectivity index (χ3v) is 7.49. The molecule has 2 fully saturated rings. The minimum Gasteiger partial charge on any atom is -0.380 e. The fourth-order valence-electron chi connectivity index (χ4n) is 2.41. The van der Waals surface area contributed by atoms with Crippen molar-refractivity contribution in [1.82, 2.24) is 9.62 Å². The molecule has 1 aliphatic heterocycles. The van der Waals surface area contributed by atoms with Gasteiger partial charge in [0.25, 0.3) is 10.0 Å². The lowest BCUT2D eigenvalue weighted by atomic mass is 10.3. The molecule has 0 unspecified atom stereocenters. The van der Waals surface area contributed by atoms with Gasteiger partial charge in [0.05, 0.1) is 6.61 Å². The quantitative estimate of drug-likeness (QED) is 0.893. The molecule has 0 bridgehead atoms. The van der Waals surface area contributed by atoms with Crippen LogP contribution in [0.2, 0.25) is 0 Å². The fraction of sp³-hybridized carbons (Fsp3) is 0.714. The molecule has 0 radical (unpaired) electrons. The number of nitrogens with one attached hydrogen (secondary N) is 1. The summed E-state index contributed by atoms with van der Waals surface area (Å²) in [5, 5.41) is 3.45. The minimum absolute atomic E-state index is 0.453. The number of ether oxygens (including phenoxy) is 1. The highest BCUT2D eigenvalue weighted by Crippen LogP contribution is 2.30. The van der Waals surface area contributed by atoms with E-state index in [0.29, 0.717) is 36.6 Å². The van der Waals surface area contributed by atoms with Gasteiger partial charge in [0.15, 0.2) is 0 Å². The van der Waals surface area contributed by atoms with Gasteiger partial charge in [-0.3, -0.25) is 0 Å². The predicted molar refractivity (Wildman–Crippen MR) is 83.1 cm³/mol. The Bertz CT molecular complexity index is 585. The van der Waals surface area contributed by atoms with Crippen molar-refractivity contribution in [3.8, 4) is 0 Å². The second kappa shape index (κ2) is 6.34. The Hall–Kier alpha value is -0.470. The van der Waals surface area contributed by atoms with Crippen LogP contribution in [0.5, 0.6) is 0 Å². The summed E-state index contributed by atoms with van der Waals surface area (Å²) in [6.07, 6.45) is 3.24. The molecule has 3 rings (SSSR count). The first-order valence-corrected chi connectivity index (χ1v) is 9.73. The van der Waals surface area contributed by atoms with Crippen LogP contribution in [-0.4, -0.2) is 45.1 Å². The van der Waals surface area contributed by atoms with E-state index >= 15 is 0 Å². The first-order valence-electron chi connectivity index (χ1n) is 7.48. The van der Waals surface area contributed by atoms with Crippen LogP contribution in [0.1, 0.15) is 29.7 Å². The topological polar surface area (TPSA) is 58.6 Å². The summed E-state index contributed by atoms with van der Waals surface area (Å²) in [6.45, 7) is 4.90. The van der Waals surface area contributed by atoms with Crippen LogP contribution in [0.25, 0.3) is 0 Å². The largest absolute Gasteiger partial charge is 0.380 e. The van der Waals surface area contributed by atoms with Crippen molar-refractivity contribution in [1.29, 1.82) is 0 Å². The number of aryl methyl sites for hydroxylation is 1. The summed E-state index contributed by atoms with van der Waals surface area (Å²) in [7, 11) is -3.37. The molecular formula is C14H22N2O3S2. The Balaban J connectivity index is 1.75. The molecule has 1 aliphatic carbocycles. The lowest BCUT2D eigenvalue weighted by Crippen LogP contribution is -2.32. The molecule has 0 atom stereocenters. The summed E-state index contributed by atoms with van der Waals surface area (Å²) in [4.78, 5) is 1.13. The molecule has 2 aliphatic rings. The molecule has 0 amide bonds. The van der Waals surface area contributed by atoms with Gasteiger partial charge in [-0.2, -0.15) is 4.31 Å². The third-order valence-electron chi connectivity index (χ3n) is 3.90. The second-order valence-electron chi connectivity index (χ2n) is 5.70. The van der Waals surface area contributed by atoms with Gasteiger partial charge < -0.3 is 10.1 Å². The summed E-state index contributed by atoms with van der Waals surface area (Å²) >= 11 is 1.40. The zero-order chi connectivity index (χ0) is 14.9. The van der Waals surface area contributed by atoms with Crippen LogP contribution in [0.4, 0.5) is 0 Å². The first kappa shape index (κ1) is 15.4. The van der Waals surface area contributed by atoms with Gasteiger partial charge in [-0.1, -0.05) is 0 Å². The molecule has 118 valence electrons. The van der Waals surface area contributed by atoms with E-state index in [2.05, 4.69) is 5.32 Å². The van der Waals surface area contributed by atoms with Crippen LogP contribution in [-0.2, 0) is 21.3 Å². The molecular weight excluding hydrogens is 308 g/mol. The number of hydrogen-bond donors (Lipinski definition) is 1. The molecule has 1 aromatic rings. The lowest BCUT2D eigenvalue weighted by molar-refractivity contribution is 0.148. The van der Waals surface area contributed by atoms with E-state index in [-0.39, 0.29) is 0 Å². The summed E-state index contributed by atoms with van der Waals surface area (Å²) in [5.74, 6) is 0. The molecule has 0 aromatic carbocycles. The maximum Gasteiger partial charge on any atom is 0.252 e. The van der Waals surface area contributed by atoms with E-state index in [9.17, 15) is 8.42 Å². The number of thiophene rings is 1. The smallest absolute Gasteiger partial charge is 0.252 e. The van der Waals surface area contributed by atoms with Crippen LogP contribution >= 0.6 is 11.3 Å². The minimum atomic E-state index is -3.37. The molecule has 1 N–H and O–H groups in total. The Morgan fingerprint density at radius 3 is 2.95 bits per heavy atom. The van der Waals surface area contributed by atoms with Gasteiger partial charge in [-0.25, -0.2) is 8.42 Å². The maximum absolute atomic E-state index is 12.7. The molecule has 7 heteroatoms. The van der Waals surface area contributed by atoms with Crippen molar-refractivity contribution in [3.05, 3.63) is 16.5 Å². The van der Waals surface area contributed by atoms with Crippen LogP contribution in [0.3, 0.4) is 0 Å². The van der Waals surface area contributed by atoms with E-state index in [1.54, 1.807) is 4.31 Å². The molecule has 1 saturated carbocycles. The van der Waals surface area contributed by atoms with Crippen molar-refractivity contribution in [2.45, 2.75) is 43.0 Å². The molecule has 1 saturated heterocycles. The van der Waals surface area contributed by atoms with Gasteiger partial charge >= 0.3 is 0 Å². The van der Waals surface area contributed by atoms with Crippen molar-refractivity contribution in [2.24, 2.45) is 0 Å². The average Bonchev–Trinajstić information content (AvgIpc) is 3.24. The van der Waals surface area contributed by atoms with Crippen LogP contribution < -0.4 is 5.32 Å². The zero-order valence-corrected chi connectivity index (χ0v) is 13.9. The van der Waals surface area contributed by atoms with Gasteiger partial charge in [0.2, 0.25) is 0 Å². The van der Waals surface area contributed by atoms with Crippen molar-refractivity contribution >= 4 is 21.4 Å². The summed E-state index contributed by atoms with van der Waals surface area (Å²) in [6, 6.07) is 2.45. The Morgan fingerprint density at radius 1 is 1.38 bits per heavy atom. The van der Waals surface area contributed by atoms with Crippen molar-refractivity contribution in [2.75, 3.05) is 26.3 Å². The first-order chi connectivity index (χ1) is 10.1. The molecule has 5 nitrogen and oxygen atoms in total. The molecule has 1 aromatic heterocycles. The van der Waals surface area contributed by atoms with Gasteiger partial charge in [-0.15, -0.1) is 11.3 Å². The number of nitrogens with zero attached hydrogens (tertiary/aromatic N) is 1. The normalized spacial score (nSPS) is 21.4. The van der Waals surface area contributed by atoms with Crippen LogP contribution in [0.15, 0.2) is 10.3 Å². The van der Waals surface area contributed by atoms with E-state index < -0.39 is 10.0 Å². The predicted octanol–water partition coefficient (Wildman–Crippen LogP) is 1.72. The molecule has 0 spiro atoms. The highest BCUT2D eigenvalue weighted by atomic mass is 32.2. The van der Waals surface area contributed by atoms with Crippen molar-refractivity contribution in [3.63, 3.8) is 0 Å².